The molecule has 142 valence electrons. The van der Waals surface area contributed by atoms with Gasteiger partial charge in [-0.05, 0) is 30.2 Å². The number of carbonyl (C=O) groups is 1. The second-order valence-corrected chi connectivity index (χ2v) is 6.49. The van der Waals surface area contributed by atoms with Crippen LogP contribution in [0, 0.1) is 11.3 Å². The maximum atomic E-state index is 12.5. The molecule has 0 spiro atoms. The number of hydrogen-bond donors (Lipinski definition) is 0. The fraction of sp³-hybridized carbons (Fsp3) is 0.300. The molecule has 4 heterocycles. The number of nitrogens with zero attached hydrogens (tertiary/aromatic N) is 5. The normalized spacial score (nSPS) is 14.1. The zero-order valence-electron chi connectivity index (χ0n) is 15.2. The van der Waals surface area contributed by atoms with Gasteiger partial charge in [0, 0.05) is 45.0 Å². The van der Waals surface area contributed by atoms with Gasteiger partial charge >= 0.3 is 0 Å². The van der Waals surface area contributed by atoms with E-state index in [1.807, 2.05) is 21.9 Å². The molecule has 1 saturated heterocycles. The first-order chi connectivity index (χ1) is 13.7. The van der Waals surface area contributed by atoms with Gasteiger partial charge in [0.1, 0.15) is 6.07 Å². The topological polar surface area (TPSA) is 99.4 Å². The van der Waals surface area contributed by atoms with Crippen molar-refractivity contribution in [3.63, 3.8) is 0 Å². The largest absolute Gasteiger partial charge is 0.459 e. The van der Waals surface area contributed by atoms with Crippen molar-refractivity contribution >= 4 is 11.8 Å². The summed E-state index contributed by atoms with van der Waals surface area (Å²) in [6.07, 6.45) is 6.18. The van der Waals surface area contributed by atoms with Crippen LogP contribution in [0.5, 0.6) is 0 Å². The van der Waals surface area contributed by atoms with Crippen LogP contribution in [0.2, 0.25) is 0 Å². The Morgan fingerprint density at radius 2 is 2.07 bits per heavy atom. The molecule has 0 aliphatic carbocycles. The quantitative estimate of drug-likeness (QED) is 0.673. The fourth-order valence-electron chi connectivity index (χ4n) is 3.22. The Labute approximate surface area is 162 Å². The lowest BCUT2D eigenvalue weighted by Gasteiger charge is -2.34. The van der Waals surface area contributed by atoms with Gasteiger partial charge in [0.15, 0.2) is 5.76 Å². The van der Waals surface area contributed by atoms with Crippen molar-refractivity contribution in [2.45, 2.75) is 12.8 Å². The number of oxazole rings is 1. The molecule has 1 amide bonds. The number of nitriles is 1. The number of anilines is 1. The van der Waals surface area contributed by atoms with Gasteiger partial charge in [-0.3, -0.25) is 9.78 Å². The van der Waals surface area contributed by atoms with Crippen LogP contribution in [0.15, 0.2) is 51.8 Å². The molecule has 0 atom stereocenters. The highest BCUT2D eigenvalue weighted by molar-refractivity contribution is 5.76. The van der Waals surface area contributed by atoms with Gasteiger partial charge in [-0.25, -0.2) is 0 Å². The molecule has 0 unspecified atom stereocenters. The number of furan rings is 1. The smallest absolute Gasteiger partial charge is 0.266 e. The lowest BCUT2D eigenvalue weighted by molar-refractivity contribution is -0.131. The van der Waals surface area contributed by atoms with Crippen LogP contribution in [-0.2, 0) is 11.2 Å². The van der Waals surface area contributed by atoms with Crippen molar-refractivity contribution in [2.75, 3.05) is 31.1 Å². The number of aryl methyl sites for hydroxylation is 1. The summed E-state index contributed by atoms with van der Waals surface area (Å²) in [6, 6.07) is 9.39. The number of piperazine rings is 1. The van der Waals surface area contributed by atoms with E-state index in [2.05, 4.69) is 16.0 Å². The van der Waals surface area contributed by atoms with Crippen LogP contribution in [-0.4, -0.2) is 47.0 Å². The van der Waals surface area contributed by atoms with Gasteiger partial charge in [0.25, 0.3) is 5.89 Å². The summed E-state index contributed by atoms with van der Waals surface area (Å²) >= 11 is 0. The van der Waals surface area contributed by atoms with E-state index in [0.29, 0.717) is 50.7 Å². The predicted octanol–water partition coefficient (Wildman–Crippen LogP) is 2.48. The van der Waals surface area contributed by atoms with Crippen molar-refractivity contribution in [1.82, 2.24) is 14.9 Å². The van der Waals surface area contributed by atoms with E-state index in [0.717, 1.165) is 5.56 Å². The molecule has 8 nitrogen and oxygen atoms in total. The first-order valence-electron chi connectivity index (χ1n) is 9.11. The summed E-state index contributed by atoms with van der Waals surface area (Å²) in [6.45, 7) is 2.32. The maximum Gasteiger partial charge on any atom is 0.266 e. The molecule has 8 heteroatoms. The van der Waals surface area contributed by atoms with Crippen molar-refractivity contribution in [3.8, 4) is 17.7 Å². The van der Waals surface area contributed by atoms with Gasteiger partial charge in [-0.15, -0.1) is 0 Å². The van der Waals surface area contributed by atoms with Crippen molar-refractivity contribution in [2.24, 2.45) is 0 Å². The summed E-state index contributed by atoms with van der Waals surface area (Å²) in [7, 11) is 0. The number of amides is 1. The number of aromatic nitrogens is 2. The second-order valence-electron chi connectivity index (χ2n) is 6.49. The highest BCUT2D eigenvalue weighted by Gasteiger charge is 2.26. The van der Waals surface area contributed by atoms with Crippen LogP contribution < -0.4 is 4.90 Å². The van der Waals surface area contributed by atoms with Gasteiger partial charge in [0.2, 0.25) is 17.5 Å². The van der Waals surface area contributed by atoms with Crippen LogP contribution in [0.4, 0.5) is 5.88 Å². The third-order valence-electron chi connectivity index (χ3n) is 4.72. The third-order valence-corrected chi connectivity index (χ3v) is 4.72. The number of carbonyl (C=O) groups excluding carboxylic acids is 1. The van der Waals surface area contributed by atoms with E-state index in [4.69, 9.17) is 8.83 Å². The summed E-state index contributed by atoms with van der Waals surface area (Å²) < 4.78 is 11.1. The van der Waals surface area contributed by atoms with E-state index in [1.54, 1.807) is 24.5 Å². The van der Waals surface area contributed by atoms with E-state index in [-0.39, 0.29) is 17.5 Å². The first-order valence-corrected chi connectivity index (χ1v) is 9.11. The molecule has 0 saturated carbocycles. The molecule has 0 N–H and O–H groups in total. The molecule has 0 bridgehead atoms. The lowest BCUT2D eigenvalue weighted by atomic mass is 10.1. The second kappa shape index (κ2) is 7.96. The number of rotatable bonds is 5. The Kier molecular flexibility index (Phi) is 5.06. The fourth-order valence-corrected chi connectivity index (χ4v) is 3.22. The molecule has 4 rings (SSSR count). The molecular formula is C20H19N5O3. The van der Waals surface area contributed by atoms with E-state index < -0.39 is 0 Å². The van der Waals surface area contributed by atoms with E-state index in [9.17, 15) is 10.1 Å². The Hall–Kier alpha value is -3.60. The first kappa shape index (κ1) is 17.8. The molecule has 0 aromatic carbocycles. The van der Waals surface area contributed by atoms with E-state index >= 15 is 0 Å². The molecule has 3 aromatic heterocycles. The Morgan fingerprint density at radius 3 is 2.75 bits per heavy atom. The zero-order chi connectivity index (χ0) is 19.3. The average Bonchev–Trinajstić information content (AvgIpc) is 3.42. The molecule has 1 aliphatic rings. The third kappa shape index (κ3) is 3.74. The monoisotopic (exact) mass is 377 g/mol. The minimum Gasteiger partial charge on any atom is -0.459 e. The van der Waals surface area contributed by atoms with Crippen LogP contribution >= 0.6 is 0 Å². The summed E-state index contributed by atoms with van der Waals surface area (Å²) in [5.41, 5.74) is 1.28. The molecule has 1 fully saturated rings. The van der Waals surface area contributed by atoms with Crippen LogP contribution in [0.25, 0.3) is 11.7 Å². The lowest BCUT2D eigenvalue weighted by Crippen LogP contribution is -2.49. The standard InChI is InChI=1S/C20H19N5O3/c21-13-16-20(28-19(23-16)17-4-2-12-27-17)25-10-8-24(9-11-25)18(26)6-5-15-3-1-7-22-14-15/h1-4,7,12,14H,5-6,8-11H2. The summed E-state index contributed by atoms with van der Waals surface area (Å²) in [5, 5.41) is 9.38. The Morgan fingerprint density at radius 1 is 1.21 bits per heavy atom. The molecule has 1 aliphatic heterocycles. The number of pyridine rings is 1. The summed E-state index contributed by atoms with van der Waals surface area (Å²) in [4.78, 5) is 24.6. The van der Waals surface area contributed by atoms with Crippen molar-refractivity contribution in [1.29, 1.82) is 5.26 Å². The molecule has 3 aromatic rings. The minimum atomic E-state index is 0.123. The predicted molar refractivity (Wildman–Crippen MR) is 100 cm³/mol. The van der Waals surface area contributed by atoms with E-state index in [1.165, 1.54) is 6.26 Å². The van der Waals surface area contributed by atoms with Gasteiger partial charge in [-0.2, -0.15) is 10.2 Å². The Bertz CT molecular complexity index is 967. The molecule has 0 radical (unpaired) electrons. The SMILES string of the molecule is N#Cc1nc(-c2ccco2)oc1N1CCN(C(=O)CCc2cccnc2)CC1. The number of hydrogen-bond acceptors (Lipinski definition) is 7. The zero-order valence-corrected chi connectivity index (χ0v) is 15.2. The highest BCUT2D eigenvalue weighted by Crippen LogP contribution is 2.29. The van der Waals surface area contributed by atoms with Crippen molar-refractivity contribution < 1.29 is 13.6 Å². The van der Waals surface area contributed by atoms with Crippen LogP contribution in [0.3, 0.4) is 0 Å². The van der Waals surface area contributed by atoms with Crippen LogP contribution in [0.1, 0.15) is 17.7 Å². The molecular weight excluding hydrogens is 358 g/mol. The van der Waals surface area contributed by atoms with Gasteiger partial charge in [0.05, 0.1) is 6.26 Å². The maximum absolute atomic E-state index is 12.5. The minimum absolute atomic E-state index is 0.123. The highest BCUT2D eigenvalue weighted by atomic mass is 16.4. The molecule has 28 heavy (non-hydrogen) atoms. The average molecular weight is 377 g/mol. The Balaban J connectivity index is 1.36. The van der Waals surface area contributed by atoms with Crippen molar-refractivity contribution in [3.05, 3.63) is 54.2 Å². The summed E-state index contributed by atoms with van der Waals surface area (Å²) in [5.74, 6) is 1.31. The van der Waals surface area contributed by atoms with Gasteiger partial charge in [-0.1, -0.05) is 6.07 Å². The van der Waals surface area contributed by atoms with Gasteiger partial charge < -0.3 is 18.6 Å².